The third-order valence-electron chi connectivity index (χ3n) is 20.0. The van der Waals surface area contributed by atoms with Crippen LogP contribution in [0.2, 0.25) is 0 Å². The highest BCUT2D eigenvalue weighted by atomic mass is 15.2. The first kappa shape index (κ1) is 51.0. The number of benzene rings is 13. The summed E-state index contributed by atoms with van der Waals surface area (Å²) in [5, 5.41) is 4.99. The first-order valence-electron chi connectivity index (χ1n) is 32.0. The Bertz CT molecular complexity index is 4920. The second-order valence-corrected chi connectivity index (χ2v) is 24.9. The summed E-state index contributed by atoms with van der Waals surface area (Å²) in [6, 6.07) is 110. The third-order valence-corrected chi connectivity index (χ3v) is 20.0. The molecule has 0 aliphatic carbocycles. The van der Waals surface area contributed by atoms with Gasteiger partial charge in [-0.2, -0.15) is 0 Å². The SMILES string of the molecule is c1ccc(-c2cc(-c3ccccc3)cc(N3c4cc5c(cc4B4c6cc7c8ccccc8n(-c8ccccc8)c7cc6N(c6cc(-c7ccccc7)cc(-c7ccccc7)c6)c6c7c8c(c3c64)CCCN8CCC7)c3ccccc3n5-c3ccccc3)c2)cc1. The molecule has 2 aromatic heterocycles. The van der Waals surface area contributed by atoms with Gasteiger partial charge < -0.3 is 23.8 Å². The number of aromatic nitrogens is 2. The molecule has 0 unspecified atom stereocenters. The lowest BCUT2D eigenvalue weighted by Gasteiger charge is -2.49. The Labute approximate surface area is 524 Å². The van der Waals surface area contributed by atoms with Gasteiger partial charge in [0.15, 0.2) is 0 Å². The van der Waals surface area contributed by atoms with Gasteiger partial charge in [-0.05, 0) is 183 Å². The molecule has 15 aromatic rings. The molecule has 4 aliphatic heterocycles. The summed E-state index contributed by atoms with van der Waals surface area (Å²) >= 11 is 0. The Morgan fingerprint density at radius 3 is 0.989 bits per heavy atom. The maximum Gasteiger partial charge on any atom is 0.252 e. The van der Waals surface area contributed by atoms with Crippen LogP contribution in [0.1, 0.15) is 24.0 Å². The lowest BCUT2D eigenvalue weighted by atomic mass is 9.33. The lowest BCUT2D eigenvalue weighted by Crippen LogP contribution is -2.62. The fourth-order valence-corrected chi connectivity index (χ4v) is 16.2. The van der Waals surface area contributed by atoms with Crippen molar-refractivity contribution >= 4 is 107 Å². The highest BCUT2D eigenvalue weighted by Gasteiger charge is 2.49. The molecule has 0 saturated heterocycles. The van der Waals surface area contributed by atoms with Gasteiger partial charge in [0.25, 0.3) is 6.71 Å². The van der Waals surface area contributed by atoms with Crippen LogP contribution in [0.4, 0.5) is 39.8 Å². The van der Waals surface area contributed by atoms with Crippen molar-refractivity contribution in [2.75, 3.05) is 27.8 Å². The van der Waals surface area contributed by atoms with E-state index in [2.05, 4.69) is 315 Å². The molecule has 0 bridgehead atoms. The zero-order chi connectivity index (χ0) is 59.0. The summed E-state index contributed by atoms with van der Waals surface area (Å²) < 4.78 is 5.03. The normalized spacial score (nSPS) is 13.9. The van der Waals surface area contributed by atoms with E-state index >= 15 is 0 Å². The maximum absolute atomic E-state index is 2.78. The fraction of sp³-hybridized carbons (Fsp3) is 0.0714. The van der Waals surface area contributed by atoms with Crippen LogP contribution in [-0.4, -0.2) is 28.9 Å². The Kier molecular flexibility index (Phi) is 11.5. The molecule has 13 aromatic carbocycles. The maximum atomic E-state index is 2.78. The molecular formula is C84H60BN5. The highest BCUT2D eigenvalue weighted by molar-refractivity contribution is 7.00. The summed E-state index contributed by atoms with van der Waals surface area (Å²) in [7, 11) is 0. The molecule has 5 nitrogen and oxygen atoms in total. The second-order valence-electron chi connectivity index (χ2n) is 24.9. The van der Waals surface area contributed by atoms with Crippen molar-refractivity contribution in [2.45, 2.75) is 25.7 Å². The molecular weight excluding hydrogens is 1090 g/mol. The summed E-state index contributed by atoms with van der Waals surface area (Å²) in [6.07, 6.45) is 4.14. The molecule has 0 atom stereocenters. The van der Waals surface area contributed by atoms with E-state index in [0.29, 0.717) is 0 Å². The van der Waals surface area contributed by atoms with Crippen LogP contribution < -0.4 is 31.1 Å². The molecule has 19 rings (SSSR count). The number of fused-ring (bicyclic) bond motifs is 12. The van der Waals surface area contributed by atoms with Crippen LogP contribution in [0.15, 0.2) is 291 Å². The van der Waals surface area contributed by atoms with Crippen LogP contribution in [0.3, 0.4) is 0 Å². The number of nitrogens with zero attached hydrogens (tertiary/aromatic N) is 5. The molecule has 4 aliphatic rings. The Balaban J connectivity index is 1.01. The monoisotopic (exact) mass is 1150 g/mol. The van der Waals surface area contributed by atoms with Gasteiger partial charge in [-0.3, -0.25) is 0 Å². The van der Waals surface area contributed by atoms with Crippen LogP contribution in [0.5, 0.6) is 0 Å². The predicted octanol–water partition coefficient (Wildman–Crippen LogP) is 19.3. The first-order valence-corrected chi connectivity index (χ1v) is 32.0. The van der Waals surface area contributed by atoms with Crippen molar-refractivity contribution in [3.63, 3.8) is 0 Å². The van der Waals surface area contributed by atoms with Gasteiger partial charge in [-0.1, -0.05) is 206 Å². The van der Waals surface area contributed by atoms with Gasteiger partial charge in [0.05, 0.1) is 22.1 Å². The Morgan fingerprint density at radius 2 is 0.611 bits per heavy atom. The van der Waals surface area contributed by atoms with Gasteiger partial charge in [0, 0.05) is 85.8 Å². The van der Waals surface area contributed by atoms with Crippen molar-refractivity contribution < 1.29 is 0 Å². The molecule has 0 radical (unpaired) electrons. The smallest absolute Gasteiger partial charge is 0.252 e. The number of hydrogen-bond acceptors (Lipinski definition) is 3. The molecule has 0 saturated carbocycles. The van der Waals surface area contributed by atoms with E-state index in [1.807, 2.05) is 0 Å². The standard InChI is InChI=1S/C84H60BN5/c1-7-25-55(26-8-1)59-45-60(56-27-9-2-10-28-56)48-65(47-59)89-79-53-77-71(67-37-19-21-41-75(67)87(77)63-33-15-5-16-34-63)51-73(79)85-74-52-72-68-38-20-22-42-76(68)88(64-35-17-6-18-36-64)78(72)54-80(74)90(84-70-40-24-44-86-43-23-39-69(82(70)86)83(89)81(84)85)66-49-61(57-29-11-3-12-30-57)46-62(50-66)58-31-13-4-14-32-58/h1-22,25-38,41-42,45-54H,23-24,39-40,43-44H2. The van der Waals surface area contributed by atoms with E-state index in [4.69, 9.17) is 0 Å². The number of para-hydroxylation sites is 4. The van der Waals surface area contributed by atoms with Gasteiger partial charge >= 0.3 is 0 Å². The van der Waals surface area contributed by atoms with E-state index < -0.39 is 0 Å². The topological polar surface area (TPSA) is 19.6 Å². The third kappa shape index (κ3) is 7.77. The first-order chi connectivity index (χ1) is 44.7. The van der Waals surface area contributed by atoms with E-state index in [9.17, 15) is 0 Å². The zero-order valence-electron chi connectivity index (χ0n) is 49.8. The molecule has 0 fully saturated rings. The van der Waals surface area contributed by atoms with Gasteiger partial charge in [-0.25, -0.2) is 0 Å². The Morgan fingerprint density at radius 1 is 0.267 bits per heavy atom. The van der Waals surface area contributed by atoms with Crippen LogP contribution >= 0.6 is 0 Å². The number of anilines is 7. The molecule has 6 heterocycles. The molecule has 90 heavy (non-hydrogen) atoms. The van der Waals surface area contributed by atoms with Crippen molar-refractivity contribution in [1.82, 2.24) is 9.13 Å². The summed E-state index contributed by atoms with van der Waals surface area (Å²) in [4.78, 5) is 8.31. The zero-order valence-corrected chi connectivity index (χ0v) is 49.8. The Hall–Kier alpha value is -11.1. The minimum atomic E-state index is -0.158. The highest BCUT2D eigenvalue weighted by Crippen LogP contribution is 2.56. The average Bonchev–Trinajstić information content (AvgIpc) is 0.960. The van der Waals surface area contributed by atoms with Gasteiger partial charge in [0.1, 0.15) is 0 Å². The van der Waals surface area contributed by atoms with E-state index in [1.165, 1.54) is 144 Å². The van der Waals surface area contributed by atoms with Crippen LogP contribution in [-0.2, 0) is 12.8 Å². The van der Waals surface area contributed by atoms with Crippen LogP contribution in [0, 0.1) is 0 Å². The number of hydrogen-bond donors (Lipinski definition) is 0. The summed E-state index contributed by atoms with van der Waals surface area (Å²) in [5.41, 5.74) is 32.3. The molecule has 424 valence electrons. The molecule has 0 N–H and O–H groups in total. The summed E-state index contributed by atoms with van der Waals surface area (Å²) in [5.74, 6) is 0. The van der Waals surface area contributed by atoms with Crippen LogP contribution in [0.25, 0.3) is 99.5 Å². The number of rotatable bonds is 8. The molecule has 0 amide bonds. The predicted molar refractivity (Wildman–Crippen MR) is 380 cm³/mol. The van der Waals surface area contributed by atoms with Gasteiger partial charge in [0.2, 0.25) is 0 Å². The molecule has 0 spiro atoms. The van der Waals surface area contributed by atoms with Crippen molar-refractivity contribution in [2.24, 2.45) is 0 Å². The quantitative estimate of drug-likeness (QED) is 0.141. The lowest BCUT2D eigenvalue weighted by molar-refractivity contribution is 0.635. The minimum Gasteiger partial charge on any atom is -0.371 e. The van der Waals surface area contributed by atoms with Gasteiger partial charge in [-0.15, -0.1) is 0 Å². The minimum absolute atomic E-state index is 0.158. The van der Waals surface area contributed by atoms with E-state index in [0.717, 1.165) is 61.5 Å². The summed E-state index contributed by atoms with van der Waals surface area (Å²) in [6.45, 7) is 1.91. The van der Waals surface area contributed by atoms with E-state index in [-0.39, 0.29) is 6.71 Å². The van der Waals surface area contributed by atoms with Crippen molar-refractivity contribution in [1.29, 1.82) is 0 Å². The second kappa shape index (κ2) is 20.2. The molecule has 6 heteroatoms. The van der Waals surface area contributed by atoms with Crippen molar-refractivity contribution in [3.8, 4) is 55.9 Å². The largest absolute Gasteiger partial charge is 0.371 e. The van der Waals surface area contributed by atoms with Crippen molar-refractivity contribution in [3.05, 3.63) is 302 Å². The van der Waals surface area contributed by atoms with E-state index in [1.54, 1.807) is 0 Å². The fourth-order valence-electron chi connectivity index (χ4n) is 16.2. The average molecular weight is 1150 g/mol.